The molecule has 3 N–H and O–H groups in total. The quantitative estimate of drug-likeness (QED) is 0.518. The van der Waals surface area contributed by atoms with Crippen LogP contribution in [0.1, 0.15) is 30.7 Å². The predicted molar refractivity (Wildman–Crippen MR) is 116 cm³/mol. The van der Waals surface area contributed by atoms with Crippen molar-refractivity contribution in [2.24, 2.45) is 5.92 Å². The Hall–Kier alpha value is -3.20. The fourth-order valence-corrected chi connectivity index (χ4v) is 4.15. The number of rotatable bonds is 7. The minimum absolute atomic E-state index is 0.0380. The molecule has 0 radical (unpaired) electrons. The van der Waals surface area contributed by atoms with E-state index in [1.807, 2.05) is 24.3 Å². The summed E-state index contributed by atoms with van der Waals surface area (Å²) in [6.07, 6.45) is 1.85. The molecule has 0 unspecified atom stereocenters. The second-order valence-electron chi connectivity index (χ2n) is 7.95. The lowest BCUT2D eigenvalue weighted by Gasteiger charge is -2.14. The van der Waals surface area contributed by atoms with Crippen LogP contribution >= 0.6 is 0 Å². The van der Waals surface area contributed by atoms with Crippen molar-refractivity contribution < 1.29 is 18.0 Å². The summed E-state index contributed by atoms with van der Waals surface area (Å²) in [6, 6.07) is 13.4. The van der Waals surface area contributed by atoms with Crippen LogP contribution in [0.4, 0.5) is 0 Å². The van der Waals surface area contributed by atoms with Gasteiger partial charge >= 0.3 is 0 Å². The molecule has 9 heteroatoms. The maximum atomic E-state index is 12.5. The van der Waals surface area contributed by atoms with Gasteiger partial charge in [0, 0.05) is 24.6 Å². The molecule has 1 saturated carbocycles. The highest BCUT2D eigenvalue weighted by atomic mass is 32.2. The summed E-state index contributed by atoms with van der Waals surface area (Å²) in [4.78, 5) is 32.9. The van der Waals surface area contributed by atoms with Crippen LogP contribution in [-0.4, -0.2) is 42.5 Å². The van der Waals surface area contributed by atoms with E-state index in [2.05, 4.69) is 20.6 Å². The van der Waals surface area contributed by atoms with Crippen LogP contribution in [0.15, 0.2) is 53.4 Å². The highest BCUT2D eigenvalue weighted by molar-refractivity contribution is 7.90. The molecule has 2 aromatic carbocycles. The van der Waals surface area contributed by atoms with Crippen molar-refractivity contribution >= 4 is 32.7 Å². The number of amides is 2. The first kappa shape index (κ1) is 21.0. The third-order valence-electron chi connectivity index (χ3n) is 5.46. The molecule has 4 rings (SSSR count). The Labute approximate surface area is 180 Å². The molecule has 162 valence electrons. The van der Waals surface area contributed by atoms with Crippen molar-refractivity contribution in [1.82, 2.24) is 20.6 Å². The Morgan fingerprint density at radius 3 is 2.55 bits per heavy atom. The lowest BCUT2D eigenvalue weighted by atomic mass is 10.2. The number of imidazole rings is 1. The largest absolute Gasteiger partial charge is 0.350 e. The fraction of sp³-hybridized carbons (Fsp3) is 0.318. The maximum absolute atomic E-state index is 12.5. The first-order chi connectivity index (χ1) is 14.7. The van der Waals surface area contributed by atoms with Gasteiger partial charge in [-0.2, -0.15) is 0 Å². The van der Waals surface area contributed by atoms with Gasteiger partial charge in [-0.05, 0) is 43.2 Å². The molecule has 0 saturated heterocycles. The Bertz CT molecular complexity index is 1200. The number of carbonyl (C=O) groups is 2. The van der Waals surface area contributed by atoms with Gasteiger partial charge in [-0.25, -0.2) is 13.4 Å². The first-order valence-corrected chi connectivity index (χ1v) is 11.9. The van der Waals surface area contributed by atoms with Gasteiger partial charge in [0.05, 0.1) is 15.9 Å². The molecule has 1 fully saturated rings. The van der Waals surface area contributed by atoms with E-state index in [0.717, 1.165) is 28.7 Å². The highest BCUT2D eigenvalue weighted by Gasteiger charge is 2.46. The van der Waals surface area contributed by atoms with Crippen LogP contribution in [-0.2, 0) is 26.0 Å². The van der Waals surface area contributed by atoms with Crippen LogP contribution in [0.3, 0.4) is 0 Å². The van der Waals surface area contributed by atoms with Crippen molar-refractivity contribution in [3.63, 3.8) is 0 Å². The van der Waals surface area contributed by atoms with Gasteiger partial charge in [-0.1, -0.05) is 24.3 Å². The molecule has 8 nitrogen and oxygen atoms in total. The van der Waals surface area contributed by atoms with E-state index >= 15 is 0 Å². The number of benzene rings is 2. The molecule has 1 aromatic heterocycles. The fourth-order valence-electron chi connectivity index (χ4n) is 3.52. The lowest BCUT2D eigenvalue weighted by molar-refractivity contribution is -0.129. The molecule has 31 heavy (non-hydrogen) atoms. The molecular weight excluding hydrogens is 416 g/mol. The standard InChI is InChI=1S/C22H24N4O4S/c1-13(21(27)23-12-14-7-9-15(10-8-14)31(2,29)30)24-22(28)17-11-16(17)20-25-18-5-3-4-6-19(18)26-20/h3-10,13,16-17H,11-12H2,1-2H3,(H,23,27)(H,24,28)(H,25,26)/t13-,16-,17-/m0/s1. The number of H-pyrrole nitrogens is 1. The highest BCUT2D eigenvalue weighted by Crippen LogP contribution is 2.46. The van der Waals surface area contributed by atoms with Crippen LogP contribution in [0, 0.1) is 5.92 Å². The summed E-state index contributed by atoms with van der Waals surface area (Å²) in [5, 5.41) is 5.53. The zero-order chi connectivity index (χ0) is 22.2. The summed E-state index contributed by atoms with van der Waals surface area (Å²) in [7, 11) is -3.25. The third-order valence-corrected chi connectivity index (χ3v) is 6.58. The minimum atomic E-state index is -3.25. The van der Waals surface area contributed by atoms with E-state index in [9.17, 15) is 18.0 Å². The molecule has 1 aliphatic carbocycles. The smallest absolute Gasteiger partial charge is 0.242 e. The van der Waals surface area contributed by atoms with E-state index in [-0.39, 0.29) is 35.1 Å². The van der Waals surface area contributed by atoms with E-state index in [1.165, 1.54) is 12.1 Å². The normalized spacial score (nSPS) is 19.0. The predicted octanol–water partition coefficient (Wildman–Crippen LogP) is 1.89. The van der Waals surface area contributed by atoms with Gasteiger partial charge in [0.1, 0.15) is 11.9 Å². The van der Waals surface area contributed by atoms with Gasteiger partial charge in [0.15, 0.2) is 9.84 Å². The van der Waals surface area contributed by atoms with Crippen LogP contribution in [0.25, 0.3) is 11.0 Å². The average Bonchev–Trinajstić information content (AvgIpc) is 3.43. The van der Waals surface area contributed by atoms with E-state index in [0.29, 0.717) is 6.42 Å². The molecule has 0 spiro atoms. The van der Waals surface area contributed by atoms with Gasteiger partial charge in [0.2, 0.25) is 11.8 Å². The van der Waals surface area contributed by atoms with Crippen LogP contribution < -0.4 is 10.6 Å². The average molecular weight is 441 g/mol. The van der Waals surface area contributed by atoms with E-state index < -0.39 is 15.9 Å². The number of hydrogen-bond donors (Lipinski definition) is 3. The zero-order valence-corrected chi connectivity index (χ0v) is 18.1. The number of fused-ring (bicyclic) bond motifs is 1. The first-order valence-electron chi connectivity index (χ1n) is 10.0. The molecular formula is C22H24N4O4S. The number of aromatic nitrogens is 2. The molecule has 3 aromatic rings. The van der Waals surface area contributed by atoms with Gasteiger partial charge in [-0.15, -0.1) is 0 Å². The number of nitrogens with one attached hydrogen (secondary N) is 3. The van der Waals surface area contributed by atoms with Crippen LogP contribution in [0.5, 0.6) is 0 Å². The Morgan fingerprint density at radius 1 is 1.16 bits per heavy atom. The number of carbonyl (C=O) groups excluding carboxylic acids is 2. The minimum Gasteiger partial charge on any atom is -0.350 e. The Morgan fingerprint density at radius 2 is 1.87 bits per heavy atom. The number of aromatic amines is 1. The summed E-state index contributed by atoms with van der Waals surface area (Å²) in [5.41, 5.74) is 2.59. The lowest BCUT2D eigenvalue weighted by Crippen LogP contribution is -2.45. The maximum Gasteiger partial charge on any atom is 0.242 e. The Balaban J connectivity index is 1.27. The second kappa shape index (κ2) is 8.14. The summed E-state index contributed by atoms with van der Waals surface area (Å²) < 4.78 is 23.0. The monoisotopic (exact) mass is 440 g/mol. The Kier molecular flexibility index (Phi) is 5.53. The summed E-state index contributed by atoms with van der Waals surface area (Å²) >= 11 is 0. The van der Waals surface area contributed by atoms with E-state index in [4.69, 9.17) is 0 Å². The molecule has 2 amide bonds. The number of nitrogens with zero attached hydrogens (tertiary/aromatic N) is 1. The molecule has 3 atom stereocenters. The topological polar surface area (TPSA) is 121 Å². The summed E-state index contributed by atoms with van der Waals surface area (Å²) in [5.74, 6) is 0.179. The van der Waals surface area contributed by atoms with Crippen molar-refractivity contribution in [2.45, 2.75) is 36.7 Å². The molecule has 1 aliphatic rings. The number of hydrogen-bond acceptors (Lipinski definition) is 5. The van der Waals surface area contributed by atoms with Gasteiger partial charge < -0.3 is 15.6 Å². The molecule has 0 aliphatic heterocycles. The van der Waals surface area contributed by atoms with Gasteiger partial charge in [0.25, 0.3) is 0 Å². The van der Waals surface area contributed by atoms with Gasteiger partial charge in [-0.3, -0.25) is 9.59 Å². The molecule has 0 bridgehead atoms. The number of sulfone groups is 1. The van der Waals surface area contributed by atoms with E-state index in [1.54, 1.807) is 19.1 Å². The SMILES string of the molecule is C[C@H](NC(=O)[C@H]1C[C@@H]1c1nc2ccccc2[nH]1)C(=O)NCc1ccc(S(C)(=O)=O)cc1. The van der Waals surface area contributed by atoms with Crippen LogP contribution in [0.2, 0.25) is 0 Å². The second-order valence-corrected chi connectivity index (χ2v) is 9.97. The molecule has 1 heterocycles. The van der Waals surface area contributed by atoms with Crippen molar-refractivity contribution in [2.75, 3.05) is 6.26 Å². The van der Waals surface area contributed by atoms with Crippen molar-refractivity contribution in [3.05, 3.63) is 59.9 Å². The van der Waals surface area contributed by atoms with Crippen molar-refractivity contribution in [1.29, 1.82) is 0 Å². The zero-order valence-electron chi connectivity index (χ0n) is 17.3. The van der Waals surface area contributed by atoms with Crippen molar-refractivity contribution in [3.8, 4) is 0 Å². The third kappa shape index (κ3) is 4.77. The summed E-state index contributed by atoms with van der Waals surface area (Å²) in [6.45, 7) is 1.88. The number of para-hydroxylation sites is 2.